The Hall–Kier alpha value is -5.25. The Bertz CT molecular complexity index is 1570. The van der Waals surface area contributed by atoms with Crippen molar-refractivity contribution in [2.24, 2.45) is 5.10 Å². The molecule has 4 aromatic rings. The predicted octanol–water partition coefficient (Wildman–Crippen LogP) is 4.70. The van der Waals surface area contributed by atoms with Gasteiger partial charge in [0.1, 0.15) is 11.4 Å². The second-order valence-corrected chi connectivity index (χ2v) is 9.95. The van der Waals surface area contributed by atoms with Gasteiger partial charge in [-0.15, -0.1) is 0 Å². The van der Waals surface area contributed by atoms with Gasteiger partial charge in [-0.3, -0.25) is 14.4 Å². The molecule has 3 amide bonds. The molecule has 0 radical (unpaired) electrons. The van der Waals surface area contributed by atoms with E-state index < -0.39 is 11.8 Å². The number of amides is 3. The summed E-state index contributed by atoms with van der Waals surface area (Å²) in [6, 6.07) is 23.7. The van der Waals surface area contributed by atoms with E-state index in [9.17, 15) is 14.4 Å². The third kappa shape index (κ3) is 6.90. The standard InChI is InChI=1S/C32H32N6O4/c1-42-26-18-16-22(17-19-26)29-23(21-38(37-29)25-12-6-3-7-13-25)20-33-36-32(41)31(40)35-28-15-9-8-14-27(28)30(39)34-24-10-4-2-5-11-24/h3,6-9,12-21,24H,2,4-5,10-11H2,1H3,(H,34,39)(H,35,40)(H,36,41)/b33-20-. The Balaban J connectivity index is 1.28. The number of hydrogen-bond acceptors (Lipinski definition) is 6. The van der Waals surface area contributed by atoms with E-state index in [1.165, 1.54) is 12.6 Å². The fourth-order valence-corrected chi connectivity index (χ4v) is 4.86. The first-order valence-corrected chi connectivity index (χ1v) is 13.9. The number of rotatable bonds is 8. The quantitative estimate of drug-likeness (QED) is 0.162. The van der Waals surface area contributed by atoms with Gasteiger partial charge in [0.25, 0.3) is 5.91 Å². The summed E-state index contributed by atoms with van der Waals surface area (Å²) >= 11 is 0. The van der Waals surface area contributed by atoms with Gasteiger partial charge in [-0.1, -0.05) is 49.6 Å². The topological polar surface area (TPSA) is 127 Å². The third-order valence-corrected chi connectivity index (χ3v) is 7.06. The Morgan fingerprint density at radius 1 is 0.905 bits per heavy atom. The molecule has 1 saturated carbocycles. The minimum Gasteiger partial charge on any atom is -0.497 e. The highest BCUT2D eigenvalue weighted by Gasteiger charge is 2.21. The Morgan fingerprint density at radius 3 is 2.36 bits per heavy atom. The number of aromatic nitrogens is 2. The number of hydrogen-bond donors (Lipinski definition) is 3. The summed E-state index contributed by atoms with van der Waals surface area (Å²) in [7, 11) is 1.60. The van der Waals surface area contributed by atoms with Crippen LogP contribution in [0.1, 0.15) is 48.0 Å². The van der Waals surface area contributed by atoms with Crippen LogP contribution in [0.25, 0.3) is 16.9 Å². The average molecular weight is 565 g/mol. The van der Waals surface area contributed by atoms with Crippen molar-refractivity contribution in [1.29, 1.82) is 0 Å². The number of benzene rings is 3. The minimum absolute atomic E-state index is 0.113. The van der Waals surface area contributed by atoms with Gasteiger partial charge in [-0.05, 0) is 61.4 Å². The van der Waals surface area contributed by atoms with E-state index in [0.717, 1.165) is 36.9 Å². The molecule has 5 rings (SSSR count). The maximum absolute atomic E-state index is 12.9. The number of hydrazone groups is 1. The summed E-state index contributed by atoms with van der Waals surface area (Å²) in [5, 5.41) is 14.3. The lowest BCUT2D eigenvalue weighted by Gasteiger charge is -2.23. The van der Waals surface area contributed by atoms with E-state index in [4.69, 9.17) is 9.84 Å². The molecule has 42 heavy (non-hydrogen) atoms. The van der Waals surface area contributed by atoms with Gasteiger partial charge in [-0.25, -0.2) is 10.1 Å². The lowest BCUT2D eigenvalue weighted by atomic mass is 9.95. The van der Waals surface area contributed by atoms with E-state index in [1.54, 1.807) is 42.3 Å². The molecule has 10 nitrogen and oxygen atoms in total. The summed E-state index contributed by atoms with van der Waals surface area (Å²) < 4.78 is 6.97. The highest BCUT2D eigenvalue weighted by atomic mass is 16.5. The fraction of sp³-hybridized carbons (Fsp3) is 0.219. The van der Waals surface area contributed by atoms with Crippen molar-refractivity contribution in [1.82, 2.24) is 20.5 Å². The normalized spacial score (nSPS) is 13.5. The van der Waals surface area contributed by atoms with E-state index >= 15 is 0 Å². The van der Waals surface area contributed by atoms with Crippen molar-refractivity contribution in [2.75, 3.05) is 12.4 Å². The largest absolute Gasteiger partial charge is 0.497 e. The fourth-order valence-electron chi connectivity index (χ4n) is 4.86. The van der Waals surface area contributed by atoms with Gasteiger partial charge in [0, 0.05) is 23.4 Å². The molecule has 1 fully saturated rings. The van der Waals surface area contributed by atoms with Crippen LogP contribution in [0.3, 0.4) is 0 Å². The average Bonchev–Trinajstić information content (AvgIpc) is 3.46. The zero-order valence-electron chi connectivity index (χ0n) is 23.2. The third-order valence-electron chi connectivity index (χ3n) is 7.06. The number of methoxy groups -OCH3 is 1. The zero-order valence-corrected chi connectivity index (χ0v) is 23.2. The second kappa shape index (κ2) is 13.4. The smallest absolute Gasteiger partial charge is 0.329 e. The van der Waals surface area contributed by atoms with Crippen LogP contribution < -0.4 is 20.8 Å². The highest BCUT2D eigenvalue weighted by molar-refractivity contribution is 6.40. The van der Waals surface area contributed by atoms with Crippen LogP contribution in [0.5, 0.6) is 5.75 Å². The lowest BCUT2D eigenvalue weighted by molar-refractivity contribution is -0.136. The highest BCUT2D eigenvalue weighted by Crippen LogP contribution is 2.25. The summed E-state index contributed by atoms with van der Waals surface area (Å²) in [6.07, 6.45) is 8.43. The summed E-state index contributed by atoms with van der Waals surface area (Å²) in [5.74, 6) is -1.49. The molecule has 3 N–H and O–H groups in total. The first-order chi connectivity index (χ1) is 20.5. The molecular formula is C32H32N6O4. The molecule has 0 atom stereocenters. The van der Waals surface area contributed by atoms with E-state index in [1.807, 2.05) is 54.6 Å². The van der Waals surface area contributed by atoms with Crippen molar-refractivity contribution >= 4 is 29.6 Å². The van der Waals surface area contributed by atoms with Crippen LogP contribution in [-0.4, -0.2) is 46.9 Å². The molecule has 1 aromatic heterocycles. The monoisotopic (exact) mass is 564 g/mol. The van der Waals surface area contributed by atoms with Gasteiger partial charge in [0.15, 0.2) is 0 Å². The van der Waals surface area contributed by atoms with Crippen molar-refractivity contribution < 1.29 is 19.1 Å². The number of carbonyl (C=O) groups is 3. The van der Waals surface area contributed by atoms with Crippen molar-refractivity contribution in [3.8, 4) is 22.7 Å². The van der Waals surface area contributed by atoms with Gasteiger partial charge in [0.2, 0.25) is 0 Å². The van der Waals surface area contributed by atoms with E-state index in [-0.39, 0.29) is 17.6 Å². The molecule has 0 bridgehead atoms. The molecule has 1 heterocycles. The van der Waals surface area contributed by atoms with E-state index in [0.29, 0.717) is 22.6 Å². The van der Waals surface area contributed by atoms with Crippen LogP contribution in [0.4, 0.5) is 5.69 Å². The molecule has 10 heteroatoms. The summed E-state index contributed by atoms with van der Waals surface area (Å²) in [5.41, 5.74) is 5.73. The lowest BCUT2D eigenvalue weighted by Crippen LogP contribution is -2.37. The van der Waals surface area contributed by atoms with Crippen LogP contribution >= 0.6 is 0 Å². The van der Waals surface area contributed by atoms with Gasteiger partial charge < -0.3 is 15.4 Å². The zero-order chi connectivity index (χ0) is 29.3. The number of anilines is 1. The second-order valence-electron chi connectivity index (χ2n) is 9.95. The van der Waals surface area contributed by atoms with Crippen molar-refractivity contribution in [2.45, 2.75) is 38.1 Å². The van der Waals surface area contributed by atoms with Crippen LogP contribution in [0.15, 0.2) is 90.2 Å². The maximum Gasteiger partial charge on any atom is 0.329 e. The number of carbonyl (C=O) groups excluding carboxylic acids is 3. The molecular weight excluding hydrogens is 532 g/mol. The molecule has 1 aliphatic rings. The summed E-state index contributed by atoms with van der Waals surface area (Å²) in [6.45, 7) is 0. The first-order valence-electron chi connectivity index (χ1n) is 13.9. The number of nitrogens with zero attached hydrogens (tertiary/aromatic N) is 3. The Morgan fingerprint density at radius 2 is 1.62 bits per heavy atom. The van der Waals surface area contributed by atoms with Gasteiger partial charge in [0.05, 0.1) is 30.3 Å². The summed E-state index contributed by atoms with van der Waals surface area (Å²) in [4.78, 5) is 38.2. The van der Waals surface area contributed by atoms with Crippen LogP contribution in [-0.2, 0) is 9.59 Å². The van der Waals surface area contributed by atoms with Crippen LogP contribution in [0.2, 0.25) is 0 Å². The van der Waals surface area contributed by atoms with Gasteiger partial charge >= 0.3 is 11.8 Å². The molecule has 0 unspecified atom stereocenters. The predicted molar refractivity (Wildman–Crippen MR) is 161 cm³/mol. The Labute approximate surface area is 243 Å². The number of para-hydroxylation sites is 2. The molecule has 0 saturated heterocycles. The van der Waals surface area contributed by atoms with Crippen molar-refractivity contribution in [3.63, 3.8) is 0 Å². The number of nitrogens with one attached hydrogen (secondary N) is 3. The first kappa shape index (κ1) is 28.3. The number of ether oxygens (including phenoxy) is 1. The SMILES string of the molecule is COc1ccc(-c2nn(-c3ccccc3)cc2/C=N\NC(=O)C(=O)Nc2ccccc2C(=O)NC2CCCCC2)cc1. The molecule has 214 valence electrons. The van der Waals surface area contributed by atoms with Crippen molar-refractivity contribution in [3.05, 3.63) is 96.2 Å². The molecule has 0 aliphatic heterocycles. The van der Waals surface area contributed by atoms with Crippen LogP contribution in [0, 0.1) is 0 Å². The van der Waals surface area contributed by atoms with E-state index in [2.05, 4.69) is 21.2 Å². The minimum atomic E-state index is -0.977. The molecule has 0 spiro atoms. The Kier molecular flexibility index (Phi) is 9.03. The maximum atomic E-state index is 12.9. The molecule has 1 aliphatic carbocycles. The van der Waals surface area contributed by atoms with Gasteiger partial charge in [-0.2, -0.15) is 10.2 Å². The molecule has 3 aromatic carbocycles.